The lowest BCUT2D eigenvalue weighted by Crippen LogP contribution is -2.16. The van der Waals surface area contributed by atoms with Crippen molar-refractivity contribution in [1.82, 2.24) is 0 Å². The van der Waals surface area contributed by atoms with E-state index in [1.54, 1.807) is 24.8 Å². The summed E-state index contributed by atoms with van der Waals surface area (Å²) < 4.78 is 5.62. The van der Waals surface area contributed by atoms with E-state index in [0.717, 1.165) is 4.21 Å². The topological polar surface area (TPSA) is 43.4 Å². The molecular weight excluding hydrogens is 220 g/mol. The number of esters is 1. The number of carbonyl (C=O) groups excluding carboxylic acids is 2. The second-order valence-corrected chi connectivity index (χ2v) is 4.56. The lowest BCUT2D eigenvalue weighted by atomic mass is 10.3. The van der Waals surface area contributed by atoms with Crippen LogP contribution in [-0.2, 0) is 9.53 Å². The quantitative estimate of drug-likeness (QED) is 0.344. The number of carbonyl (C=O) groups is 2. The Morgan fingerprint density at radius 3 is 2.71 bits per heavy atom. The van der Waals surface area contributed by atoms with Gasteiger partial charge in [-0.2, -0.15) is 0 Å². The Morgan fingerprint density at radius 2 is 2.21 bits per heavy atom. The molecule has 0 bridgehead atoms. The largest absolute Gasteiger partial charge is 0.460 e. The summed E-state index contributed by atoms with van der Waals surface area (Å²) in [5.74, 6) is -1.33. The summed E-state index contributed by atoms with van der Waals surface area (Å²) in [6.45, 7) is 1.90. The first-order chi connectivity index (χ1) is 6.69. The number of Topliss-reactive ketones (excluding diaryl/α,β-unsaturated/α-hetero) is 1. The molecule has 0 aliphatic heterocycles. The zero-order valence-electron chi connectivity index (χ0n) is 7.90. The molecule has 1 aromatic rings. The van der Waals surface area contributed by atoms with E-state index in [2.05, 4.69) is 4.74 Å². The Morgan fingerprint density at radius 1 is 1.50 bits per heavy atom. The van der Waals surface area contributed by atoms with Gasteiger partial charge in [-0.05, 0) is 25.3 Å². The van der Waals surface area contributed by atoms with E-state index in [1.165, 1.54) is 11.3 Å². The van der Waals surface area contributed by atoms with Gasteiger partial charge in [-0.1, -0.05) is 0 Å². The fraction of sp³-hybridized carbons (Fsp3) is 0.333. The summed E-state index contributed by atoms with van der Waals surface area (Å²) in [4.78, 5) is 22.9. The second kappa shape index (κ2) is 5.17. The molecule has 1 aromatic heterocycles. The molecule has 0 amide bonds. The van der Waals surface area contributed by atoms with Crippen molar-refractivity contribution < 1.29 is 14.3 Å². The summed E-state index contributed by atoms with van der Waals surface area (Å²) in [6, 6.07) is 3.47. The van der Waals surface area contributed by atoms with E-state index in [4.69, 9.17) is 0 Å². The van der Waals surface area contributed by atoms with Crippen molar-refractivity contribution in [2.75, 3.05) is 12.9 Å². The summed E-state index contributed by atoms with van der Waals surface area (Å²) in [7, 11) is 0. The van der Waals surface area contributed by atoms with Crippen LogP contribution >= 0.6 is 23.1 Å². The number of thiophene rings is 1. The molecule has 0 atom stereocenters. The van der Waals surface area contributed by atoms with Gasteiger partial charge in [-0.3, -0.25) is 4.79 Å². The molecule has 76 valence electrons. The smallest absolute Gasteiger partial charge is 0.380 e. The molecule has 14 heavy (non-hydrogen) atoms. The third-order valence-electron chi connectivity index (χ3n) is 1.47. The molecule has 0 spiro atoms. The zero-order valence-corrected chi connectivity index (χ0v) is 9.54. The number of hydrogen-bond donors (Lipinski definition) is 0. The predicted octanol–water partition coefficient (Wildman–Crippen LogP) is 2.22. The average Bonchev–Trinajstić information content (AvgIpc) is 2.65. The van der Waals surface area contributed by atoms with Crippen LogP contribution in [0.1, 0.15) is 16.6 Å². The Bertz CT molecular complexity index is 344. The van der Waals surface area contributed by atoms with Crippen molar-refractivity contribution in [2.45, 2.75) is 11.1 Å². The number of rotatable bonds is 4. The Kier molecular flexibility index (Phi) is 4.16. The number of hydrogen-bond acceptors (Lipinski definition) is 5. The molecule has 0 aliphatic rings. The van der Waals surface area contributed by atoms with Gasteiger partial charge >= 0.3 is 5.97 Å². The van der Waals surface area contributed by atoms with Gasteiger partial charge in [0.15, 0.2) is 0 Å². The minimum atomic E-state index is -0.776. The highest BCUT2D eigenvalue weighted by atomic mass is 32.2. The first-order valence-electron chi connectivity index (χ1n) is 4.04. The maximum atomic E-state index is 11.4. The van der Waals surface area contributed by atoms with Crippen LogP contribution in [0.3, 0.4) is 0 Å². The SMILES string of the molecule is CCOC(=O)C(=O)c1ccc(SC)s1. The highest BCUT2D eigenvalue weighted by molar-refractivity contribution is 8.00. The van der Waals surface area contributed by atoms with Gasteiger partial charge in [-0.25, -0.2) is 4.79 Å². The third kappa shape index (κ3) is 2.59. The molecule has 1 heterocycles. The Labute approximate surface area is 90.5 Å². The lowest BCUT2D eigenvalue weighted by molar-refractivity contribution is -0.137. The monoisotopic (exact) mass is 230 g/mol. The summed E-state index contributed by atoms with van der Waals surface area (Å²) in [5.41, 5.74) is 0. The summed E-state index contributed by atoms with van der Waals surface area (Å²) in [6.07, 6.45) is 1.92. The van der Waals surface area contributed by atoms with E-state index < -0.39 is 11.8 Å². The van der Waals surface area contributed by atoms with Gasteiger partial charge in [0.05, 0.1) is 15.7 Å². The molecule has 3 nitrogen and oxygen atoms in total. The highest BCUT2D eigenvalue weighted by Gasteiger charge is 2.19. The van der Waals surface area contributed by atoms with Crippen molar-refractivity contribution in [3.8, 4) is 0 Å². The zero-order chi connectivity index (χ0) is 10.6. The number of thioether (sulfide) groups is 1. The molecular formula is C9H10O3S2. The first kappa shape index (κ1) is 11.3. The van der Waals surface area contributed by atoms with Crippen molar-refractivity contribution in [3.05, 3.63) is 17.0 Å². The average molecular weight is 230 g/mol. The van der Waals surface area contributed by atoms with Crippen LogP contribution in [0.4, 0.5) is 0 Å². The van der Waals surface area contributed by atoms with E-state index in [1.807, 2.05) is 12.3 Å². The number of ether oxygens (including phenoxy) is 1. The van der Waals surface area contributed by atoms with E-state index in [9.17, 15) is 9.59 Å². The fourth-order valence-corrected chi connectivity index (χ4v) is 2.32. The predicted molar refractivity (Wildman–Crippen MR) is 57.1 cm³/mol. The Hall–Kier alpha value is -0.810. The minimum absolute atomic E-state index is 0.228. The molecule has 0 unspecified atom stereocenters. The first-order valence-corrected chi connectivity index (χ1v) is 6.08. The van der Waals surface area contributed by atoms with Crippen LogP contribution in [0, 0.1) is 0 Å². The van der Waals surface area contributed by atoms with Crippen molar-refractivity contribution in [3.63, 3.8) is 0 Å². The maximum Gasteiger partial charge on any atom is 0.380 e. The van der Waals surface area contributed by atoms with Crippen molar-refractivity contribution in [2.24, 2.45) is 0 Å². The highest BCUT2D eigenvalue weighted by Crippen LogP contribution is 2.25. The van der Waals surface area contributed by atoms with Gasteiger partial charge in [0.2, 0.25) is 0 Å². The van der Waals surface area contributed by atoms with Gasteiger partial charge < -0.3 is 4.74 Å². The van der Waals surface area contributed by atoms with Crippen LogP contribution in [0.25, 0.3) is 0 Å². The molecule has 0 saturated carbocycles. The second-order valence-electron chi connectivity index (χ2n) is 2.37. The van der Waals surface area contributed by atoms with Crippen LogP contribution in [0.15, 0.2) is 16.3 Å². The van der Waals surface area contributed by atoms with Crippen LogP contribution in [-0.4, -0.2) is 24.6 Å². The summed E-state index contributed by atoms with van der Waals surface area (Å²) >= 11 is 2.85. The number of ketones is 1. The Balaban J connectivity index is 2.74. The maximum absolute atomic E-state index is 11.4. The standard InChI is InChI=1S/C9H10O3S2/c1-3-12-9(11)8(10)6-4-5-7(13-2)14-6/h4-5H,3H2,1-2H3. The molecule has 0 fully saturated rings. The molecule has 0 N–H and O–H groups in total. The molecule has 0 aliphatic carbocycles. The van der Waals surface area contributed by atoms with Gasteiger partial charge in [0.1, 0.15) is 0 Å². The van der Waals surface area contributed by atoms with E-state index >= 15 is 0 Å². The van der Waals surface area contributed by atoms with E-state index in [0.29, 0.717) is 4.88 Å². The molecule has 1 rings (SSSR count). The van der Waals surface area contributed by atoms with Gasteiger partial charge in [0, 0.05) is 0 Å². The molecule has 0 aromatic carbocycles. The van der Waals surface area contributed by atoms with Crippen LogP contribution in [0.5, 0.6) is 0 Å². The van der Waals surface area contributed by atoms with Crippen molar-refractivity contribution in [1.29, 1.82) is 0 Å². The molecule has 0 radical (unpaired) electrons. The fourth-order valence-electron chi connectivity index (χ4n) is 0.849. The van der Waals surface area contributed by atoms with Gasteiger partial charge in [-0.15, -0.1) is 23.1 Å². The lowest BCUT2D eigenvalue weighted by Gasteiger charge is -1.97. The van der Waals surface area contributed by atoms with E-state index in [-0.39, 0.29) is 6.61 Å². The molecule has 5 heteroatoms. The van der Waals surface area contributed by atoms with Crippen molar-refractivity contribution >= 4 is 34.9 Å². The minimum Gasteiger partial charge on any atom is -0.460 e. The third-order valence-corrected chi connectivity index (χ3v) is 3.63. The van der Waals surface area contributed by atoms with Crippen LogP contribution < -0.4 is 0 Å². The summed E-state index contributed by atoms with van der Waals surface area (Å²) in [5, 5.41) is 0. The normalized spacial score (nSPS) is 9.86. The van der Waals surface area contributed by atoms with Crippen LogP contribution in [0.2, 0.25) is 0 Å². The molecule has 0 saturated heterocycles. The van der Waals surface area contributed by atoms with Gasteiger partial charge in [0.25, 0.3) is 5.78 Å².